The number of hydrogen-bond donors (Lipinski definition) is 9. The number of anilines is 3. The molecule has 0 spiro atoms. The van der Waals surface area contributed by atoms with Crippen molar-refractivity contribution in [3.05, 3.63) is 102 Å². The van der Waals surface area contributed by atoms with E-state index in [0.717, 1.165) is 10.3 Å². The molecule has 3 heterocycles. The van der Waals surface area contributed by atoms with Crippen LogP contribution in [0.2, 0.25) is 0 Å². The minimum atomic E-state index is -0.965. The SMILES string of the molecule is CCOCc1nc2c(NC(=O)OCc3ccc(NC(=O)[C@H](C)NC(=O)[C@@H](NC(=O)OC(C)(C)C)C(C)C)cc3)nc3ccccc3c2n1CC(C)(C)OCCNC(=O)OCc1ccc(NC(=O)[C@H](CCCN)NC(=O)[C@@H](NC(=O)CCCCCN2C(=O)C=CC2=O)C(C)C)cc1. The molecule has 4 atom stereocenters. The molecule has 3 aromatic carbocycles. The van der Waals surface area contributed by atoms with Crippen LogP contribution in [0.1, 0.15) is 132 Å². The smallest absolute Gasteiger partial charge is 0.413 e. The van der Waals surface area contributed by atoms with Crippen molar-refractivity contribution < 1.29 is 71.6 Å². The van der Waals surface area contributed by atoms with Crippen LogP contribution in [0.4, 0.5) is 31.6 Å². The van der Waals surface area contributed by atoms with E-state index in [1.54, 1.807) is 97.0 Å². The Bertz CT molecular complexity index is 3550. The third kappa shape index (κ3) is 23.4. The molecule has 10 amide bonds. The summed E-state index contributed by atoms with van der Waals surface area (Å²) in [5.74, 6) is -3.03. The number of nitrogens with two attached hydrogens (primary N) is 1. The highest BCUT2D eigenvalue weighted by Gasteiger charge is 2.32. The minimum Gasteiger partial charge on any atom is -0.445 e. The number of nitrogens with one attached hydrogen (secondary N) is 8. The molecule has 10 N–H and O–H groups in total. The summed E-state index contributed by atoms with van der Waals surface area (Å²) in [7, 11) is 0. The van der Waals surface area contributed by atoms with Gasteiger partial charge in [0.15, 0.2) is 5.82 Å². The average Bonchev–Trinajstić information content (AvgIpc) is 1.57. The molecule has 28 nitrogen and oxygen atoms in total. The molecule has 0 bridgehead atoms. The number of carbonyl (C=O) groups excluding carboxylic acids is 10. The molecule has 1 aliphatic rings. The quantitative estimate of drug-likeness (QED) is 0.0109. The maximum Gasteiger partial charge on any atom is 0.413 e. The first-order chi connectivity index (χ1) is 45.5. The molecule has 0 radical (unpaired) electrons. The highest BCUT2D eigenvalue weighted by Crippen LogP contribution is 2.33. The number of hydrogen-bond acceptors (Lipinski definition) is 18. The Morgan fingerprint density at radius 1 is 0.625 bits per heavy atom. The Balaban J connectivity index is 0.969. The van der Waals surface area contributed by atoms with E-state index >= 15 is 0 Å². The molecule has 96 heavy (non-hydrogen) atoms. The van der Waals surface area contributed by atoms with Gasteiger partial charge in [0.25, 0.3) is 11.8 Å². The van der Waals surface area contributed by atoms with Crippen LogP contribution in [-0.4, -0.2) is 147 Å². The summed E-state index contributed by atoms with van der Waals surface area (Å²) in [5, 5.41) is 22.6. The van der Waals surface area contributed by atoms with Crippen LogP contribution in [0.3, 0.4) is 0 Å². The average molecular weight is 1330 g/mol. The number of rotatable bonds is 35. The zero-order valence-corrected chi connectivity index (χ0v) is 56.6. The molecule has 5 aromatic rings. The van der Waals surface area contributed by atoms with Gasteiger partial charge >= 0.3 is 18.3 Å². The molecule has 0 saturated heterocycles. The van der Waals surface area contributed by atoms with E-state index in [1.165, 1.54) is 19.1 Å². The van der Waals surface area contributed by atoms with E-state index in [9.17, 15) is 47.9 Å². The minimum absolute atomic E-state index is 0.0855. The van der Waals surface area contributed by atoms with E-state index in [1.807, 2.05) is 49.6 Å². The fourth-order valence-corrected chi connectivity index (χ4v) is 10.0. The molecule has 0 saturated carbocycles. The standard InChI is InChI=1S/C68H93N13O15/c1-12-92-39-51-76-57-58(48-19-15-16-20-49(48)74-59(57)79-65(90)94-38-45-23-27-46(28-24-45)72-60(85)43(6)71-62(87)56(42(4)5)78-66(91)96-67(7,8)9)81(51)40-68(10,11)95-36-34-70-64(89)93-37-44-25-29-47(30-26-44)73-61(86)50(21-18-33-69)75-63(88)55(41(2)3)77-52(82)22-14-13-17-35-80-53(83)31-32-54(80)84/h15-16,19-20,23-32,41-43,50,55-56H,12-14,17-18,21-22,33-40,69H2,1-11H3,(H,70,89)(H,71,87)(H,72,85)(H,73,86)(H,75,88)(H,77,82)(H,78,91)(H,74,79,90)/t43-,50-,55-,56-/m0/s1. The molecular formula is C68H93N13O15. The van der Waals surface area contributed by atoms with Crippen LogP contribution in [0.5, 0.6) is 0 Å². The predicted octanol–water partition coefficient (Wildman–Crippen LogP) is 7.37. The van der Waals surface area contributed by atoms with Crippen molar-refractivity contribution in [1.29, 1.82) is 0 Å². The Labute approximate surface area is 559 Å². The van der Waals surface area contributed by atoms with E-state index < -0.39 is 77.3 Å². The molecule has 0 unspecified atom stereocenters. The van der Waals surface area contributed by atoms with Crippen molar-refractivity contribution in [2.75, 3.05) is 48.8 Å². The Kier molecular flexibility index (Phi) is 28.2. The van der Waals surface area contributed by atoms with Gasteiger partial charge in [0.2, 0.25) is 29.5 Å². The second-order valence-corrected chi connectivity index (χ2v) is 25.5. The van der Waals surface area contributed by atoms with Gasteiger partial charge in [0.05, 0.1) is 29.8 Å². The number of imidazole rings is 1. The van der Waals surface area contributed by atoms with Crippen molar-refractivity contribution in [3.8, 4) is 0 Å². The summed E-state index contributed by atoms with van der Waals surface area (Å²) < 4.78 is 30.6. The molecule has 2 aromatic heterocycles. The summed E-state index contributed by atoms with van der Waals surface area (Å²) >= 11 is 0. The number of nitrogens with zero attached hydrogens (tertiary/aromatic N) is 4. The van der Waals surface area contributed by atoms with Crippen molar-refractivity contribution >= 4 is 98.8 Å². The van der Waals surface area contributed by atoms with Crippen LogP contribution >= 0.6 is 0 Å². The second-order valence-electron chi connectivity index (χ2n) is 25.5. The topological polar surface area (TPSA) is 373 Å². The number of ether oxygens (including phenoxy) is 5. The zero-order chi connectivity index (χ0) is 70.3. The molecule has 6 rings (SSSR count). The van der Waals surface area contributed by atoms with Gasteiger partial charge in [-0.15, -0.1) is 0 Å². The fourth-order valence-electron chi connectivity index (χ4n) is 10.0. The van der Waals surface area contributed by atoms with Crippen molar-refractivity contribution in [2.24, 2.45) is 17.6 Å². The van der Waals surface area contributed by atoms with Crippen LogP contribution in [0, 0.1) is 11.8 Å². The summed E-state index contributed by atoms with van der Waals surface area (Å²) in [5.41, 5.74) is 7.86. The van der Waals surface area contributed by atoms with Crippen molar-refractivity contribution in [1.82, 2.24) is 46.0 Å². The summed E-state index contributed by atoms with van der Waals surface area (Å²) in [6, 6.07) is 16.9. The molecule has 28 heteroatoms. The first-order valence-corrected chi connectivity index (χ1v) is 32.3. The number of pyridine rings is 1. The van der Waals surface area contributed by atoms with Gasteiger partial charge < -0.3 is 71.2 Å². The van der Waals surface area contributed by atoms with E-state index in [4.69, 9.17) is 39.4 Å². The van der Waals surface area contributed by atoms with Crippen molar-refractivity contribution in [3.63, 3.8) is 0 Å². The third-order valence-corrected chi connectivity index (χ3v) is 15.1. The Hall–Kier alpha value is -9.54. The highest BCUT2D eigenvalue weighted by molar-refractivity contribution is 6.13. The lowest BCUT2D eigenvalue weighted by molar-refractivity contribution is -0.137. The number of amides is 10. The second kappa shape index (κ2) is 35.8. The lowest BCUT2D eigenvalue weighted by Gasteiger charge is -2.27. The van der Waals surface area contributed by atoms with Gasteiger partial charge in [-0.2, -0.15) is 0 Å². The maximum absolute atomic E-state index is 13.6. The number of fused-ring (bicyclic) bond motifs is 3. The van der Waals surface area contributed by atoms with Gasteiger partial charge in [0, 0.05) is 55.0 Å². The van der Waals surface area contributed by atoms with Gasteiger partial charge in [-0.25, -0.2) is 24.4 Å². The first kappa shape index (κ1) is 75.5. The number of alkyl carbamates (subject to hydrolysis) is 2. The van der Waals surface area contributed by atoms with Crippen LogP contribution in [0.25, 0.3) is 21.9 Å². The lowest BCUT2D eigenvalue weighted by atomic mass is 10.0. The number of unbranched alkanes of at least 4 members (excludes halogenated alkanes) is 2. The monoisotopic (exact) mass is 1330 g/mol. The lowest BCUT2D eigenvalue weighted by Crippen LogP contribution is -2.54. The molecule has 0 fully saturated rings. The summed E-state index contributed by atoms with van der Waals surface area (Å²) in [4.78, 5) is 140. The normalized spacial score (nSPS) is 13.6. The van der Waals surface area contributed by atoms with Crippen molar-refractivity contribution in [2.45, 2.75) is 176 Å². The van der Waals surface area contributed by atoms with E-state index in [2.05, 4.69) is 42.5 Å². The summed E-state index contributed by atoms with van der Waals surface area (Å²) in [6.07, 6.45) is 2.63. The number of para-hydroxylation sites is 1. The molecule has 0 aliphatic carbocycles. The predicted molar refractivity (Wildman–Crippen MR) is 359 cm³/mol. The molecule has 520 valence electrons. The molecule has 1 aliphatic heterocycles. The zero-order valence-electron chi connectivity index (χ0n) is 56.6. The van der Waals surface area contributed by atoms with Crippen LogP contribution in [0.15, 0.2) is 84.9 Å². The third-order valence-electron chi connectivity index (χ3n) is 15.1. The van der Waals surface area contributed by atoms with Crippen LogP contribution in [-0.2, 0) is 83.6 Å². The number of imide groups is 1. The van der Waals surface area contributed by atoms with E-state index in [0.29, 0.717) is 77.2 Å². The van der Waals surface area contributed by atoms with E-state index in [-0.39, 0.29) is 101 Å². The van der Waals surface area contributed by atoms with Gasteiger partial charge in [-0.05, 0) is 134 Å². The van der Waals surface area contributed by atoms with Gasteiger partial charge in [-0.3, -0.25) is 43.8 Å². The Morgan fingerprint density at radius 2 is 1.22 bits per heavy atom. The number of benzene rings is 3. The largest absolute Gasteiger partial charge is 0.445 e. The highest BCUT2D eigenvalue weighted by atomic mass is 16.6. The van der Waals surface area contributed by atoms with Gasteiger partial charge in [0.1, 0.15) is 60.9 Å². The first-order valence-electron chi connectivity index (χ1n) is 32.3. The van der Waals surface area contributed by atoms with Gasteiger partial charge in [-0.1, -0.05) is 76.6 Å². The number of carbonyl (C=O) groups is 10. The van der Waals surface area contributed by atoms with Crippen LogP contribution < -0.4 is 48.3 Å². The summed E-state index contributed by atoms with van der Waals surface area (Å²) in [6.45, 7) is 20.7. The fraction of sp³-hybridized carbons (Fsp3) is 0.500. The maximum atomic E-state index is 13.6. The Morgan fingerprint density at radius 3 is 1.82 bits per heavy atom. The number of aromatic nitrogens is 3. The molecular weight excluding hydrogens is 1240 g/mol.